The Kier molecular flexibility index (Phi) is 4.15. The van der Waals surface area contributed by atoms with Gasteiger partial charge in [-0.1, -0.05) is 97.1 Å². The zero-order valence-electron chi connectivity index (χ0n) is 15.3. The highest BCUT2D eigenvalue weighted by Crippen LogP contribution is 2.14. The molecule has 1 heterocycles. The van der Waals surface area contributed by atoms with E-state index < -0.39 is 0 Å². The SMILES string of the molecule is c1ccc(C2=c3\cccc\c3=N/C(c3ccccc3)=c3/cccc/c3=N\2)cc1. The summed E-state index contributed by atoms with van der Waals surface area (Å²) in [5.41, 5.74) is 4.06. The normalized spacial score (nSPS) is 19.0. The first-order valence-electron chi connectivity index (χ1n) is 9.37. The Labute approximate surface area is 163 Å². The molecule has 2 heteroatoms. The molecule has 4 aromatic carbocycles. The minimum Gasteiger partial charge on any atom is -0.247 e. The predicted molar refractivity (Wildman–Crippen MR) is 112 cm³/mol. The largest absolute Gasteiger partial charge is 0.247 e. The first-order valence-corrected chi connectivity index (χ1v) is 9.37. The Hall–Kier alpha value is -3.78. The van der Waals surface area contributed by atoms with Gasteiger partial charge in [0, 0.05) is 21.6 Å². The fourth-order valence-electron chi connectivity index (χ4n) is 3.54. The summed E-state index contributed by atoms with van der Waals surface area (Å²) in [7, 11) is 0. The Morgan fingerprint density at radius 3 is 1.14 bits per heavy atom. The summed E-state index contributed by atoms with van der Waals surface area (Å²) in [6.45, 7) is 0. The summed E-state index contributed by atoms with van der Waals surface area (Å²) in [4.78, 5) is 10.2. The van der Waals surface area contributed by atoms with Crippen LogP contribution in [0.5, 0.6) is 0 Å². The zero-order chi connectivity index (χ0) is 18.8. The standard InChI is InChI=1S/C26H18N2/c1-3-11-19(12-4-1)25-21-15-7-9-17-23(21)28-26(20-13-5-2-6-14-20)22-16-8-10-18-24(22)27-25/h1-18H/b25-21-,26-22-,27-24+,27-25?,28-23+,28-26?. The van der Waals surface area contributed by atoms with E-state index in [1.807, 2.05) is 60.7 Å². The van der Waals surface area contributed by atoms with Crippen LogP contribution in [0.2, 0.25) is 0 Å². The van der Waals surface area contributed by atoms with Crippen LogP contribution in [-0.4, -0.2) is 0 Å². The monoisotopic (exact) mass is 358 g/mol. The highest BCUT2D eigenvalue weighted by atomic mass is 14.8. The van der Waals surface area contributed by atoms with Gasteiger partial charge in [0.15, 0.2) is 0 Å². The van der Waals surface area contributed by atoms with Crippen LogP contribution in [0.4, 0.5) is 0 Å². The summed E-state index contributed by atoms with van der Waals surface area (Å²) in [5, 5.41) is 3.94. The zero-order valence-corrected chi connectivity index (χ0v) is 15.3. The van der Waals surface area contributed by atoms with Crippen LogP contribution < -0.4 is 21.2 Å². The van der Waals surface area contributed by atoms with Crippen molar-refractivity contribution in [2.45, 2.75) is 0 Å². The molecule has 0 saturated heterocycles. The molecule has 1 aliphatic heterocycles. The second-order valence-corrected chi connectivity index (χ2v) is 6.69. The van der Waals surface area contributed by atoms with Crippen molar-refractivity contribution in [2.24, 2.45) is 9.98 Å². The van der Waals surface area contributed by atoms with Crippen LogP contribution in [0.1, 0.15) is 11.1 Å². The van der Waals surface area contributed by atoms with Crippen molar-refractivity contribution in [2.75, 3.05) is 0 Å². The number of fused-ring (bicyclic) bond motifs is 2. The number of hydrogen-bond acceptors (Lipinski definition) is 2. The van der Waals surface area contributed by atoms with Gasteiger partial charge in [0.05, 0.1) is 22.1 Å². The first-order chi connectivity index (χ1) is 13.9. The molecule has 2 nitrogen and oxygen atoms in total. The van der Waals surface area contributed by atoms with Gasteiger partial charge in [0.2, 0.25) is 0 Å². The van der Waals surface area contributed by atoms with Gasteiger partial charge in [-0.05, 0) is 12.1 Å². The minimum atomic E-state index is 0.929. The molecule has 0 aromatic heterocycles. The average molecular weight is 358 g/mol. The molecule has 0 atom stereocenters. The van der Waals surface area contributed by atoms with Gasteiger partial charge in [0.1, 0.15) is 0 Å². The molecule has 4 aromatic rings. The fourth-order valence-corrected chi connectivity index (χ4v) is 3.54. The number of rotatable bonds is 2. The van der Waals surface area contributed by atoms with E-state index in [4.69, 9.17) is 9.98 Å². The molecule has 1 aliphatic rings. The Morgan fingerprint density at radius 2 is 0.714 bits per heavy atom. The van der Waals surface area contributed by atoms with Gasteiger partial charge in [-0.2, -0.15) is 0 Å². The number of para-hydroxylation sites is 2. The van der Waals surface area contributed by atoms with Crippen molar-refractivity contribution < 1.29 is 0 Å². The maximum atomic E-state index is 5.12. The van der Waals surface area contributed by atoms with Crippen LogP contribution in [0.15, 0.2) is 119 Å². The summed E-state index contributed by atoms with van der Waals surface area (Å²) < 4.78 is 0. The lowest BCUT2D eigenvalue weighted by atomic mass is 10.1. The van der Waals surface area contributed by atoms with Crippen LogP contribution in [0.25, 0.3) is 11.4 Å². The molecule has 132 valence electrons. The van der Waals surface area contributed by atoms with Crippen molar-refractivity contribution >= 4 is 11.4 Å². The molecule has 0 amide bonds. The number of benzene rings is 4. The molecule has 0 fully saturated rings. The average Bonchev–Trinajstić information content (AvgIpc) is 2.76. The third kappa shape index (κ3) is 2.95. The molecule has 0 saturated carbocycles. The van der Waals surface area contributed by atoms with Crippen LogP contribution in [-0.2, 0) is 0 Å². The Morgan fingerprint density at radius 1 is 0.357 bits per heavy atom. The van der Waals surface area contributed by atoms with Crippen LogP contribution >= 0.6 is 0 Å². The van der Waals surface area contributed by atoms with E-state index in [9.17, 15) is 0 Å². The summed E-state index contributed by atoms with van der Waals surface area (Å²) >= 11 is 0. The number of nitrogens with zero attached hydrogens (tertiary/aromatic N) is 2. The van der Waals surface area contributed by atoms with Crippen LogP contribution in [0, 0.1) is 0 Å². The minimum absolute atomic E-state index is 0.929. The van der Waals surface area contributed by atoms with E-state index in [2.05, 4.69) is 48.5 Å². The molecule has 28 heavy (non-hydrogen) atoms. The van der Waals surface area contributed by atoms with Gasteiger partial charge >= 0.3 is 0 Å². The van der Waals surface area contributed by atoms with Gasteiger partial charge in [0.25, 0.3) is 0 Å². The lowest BCUT2D eigenvalue weighted by molar-refractivity contribution is 1.20. The molecular weight excluding hydrogens is 340 g/mol. The van der Waals surface area contributed by atoms with E-state index in [1.165, 1.54) is 0 Å². The summed E-state index contributed by atoms with van der Waals surface area (Å²) in [6.07, 6.45) is 0. The molecule has 0 unspecified atom stereocenters. The molecule has 0 bridgehead atoms. The molecule has 5 rings (SSSR count). The van der Waals surface area contributed by atoms with E-state index in [0.29, 0.717) is 0 Å². The highest BCUT2D eigenvalue weighted by molar-refractivity contribution is 5.68. The summed E-state index contributed by atoms with van der Waals surface area (Å²) in [6, 6.07) is 37.1. The Bertz CT molecular complexity index is 1280. The van der Waals surface area contributed by atoms with Crippen molar-refractivity contribution in [3.8, 4) is 0 Å². The van der Waals surface area contributed by atoms with Gasteiger partial charge in [-0.25, -0.2) is 9.98 Å². The first kappa shape index (κ1) is 16.4. The topological polar surface area (TPSA) is 24.7 Å². The Balaban J connectivity index is 1.98. The maximum Gasteiger partial charge on any atom is 0.0803 e. The third-order valence-corrected chi connectivity index (χ3v) is 4.88. The van der Waals surface area contributed by atoms with Gasteiger partial charge < -0.3 is 0 Å². The lowest BCUT2D eigenvalue weighted by Crippen LogP contribution is -2.34. The van der Waals surface area contributed by atoms with Gasteiger partial charge in [-0.3, -0.25) is 0 Å². The molecule has 0 N–H and O–H groups in total. The molecule has 0 spiro atoms. The van der Waals surface area contributed by atoms with Crippen molar-refractivity contribution in [1.82, 2.24) is 0 Å². The molecule has 0 radical (unpaired) electrons. The van der Waals surface area contributed by atoms with Crippen molar-refractivity contribution in [1.29, 1.82) is 0 Å². The smallest absolute Gasteiger partial charge is 0.0803 e. The lowest BCUT2D eigenvalue weighted by Gasteiger charge is -2.09. The highest BCUT2D eigenvalue weighted by Gasteiger charge is 2.08. The van der Waals surface area contributed by atoms with E-state index in [1.54, 1.807) is 0 Å². The third-order valence-electron chi connectivity index (χ3n) is 4.88. The fraction of sp³-hybridized carbons (Fsp3) is 0. The van der Waals surface area contributed by atoms with E-state index >= 15 is 0 Å². The number of hydrogen-bond donors (Lipinski definition) is 0. The van der Waals surface area contributed by atoms with Crippen molar-refractivity contribution in [3.05, 3.63) is 141 Å². The predicted octanol–water partition coefficient (Wildman–Crippen LogP) is 2.95. The molecular formula is C26H18N2. The quantitative estimate of drug-likeness (QED) is 0.526. The van der Waals surface area contributed by atoms with Crippen LogP contribution in [0.3, 0.4) is 0 Å². The second kappa shape index (κ2) is 7.09. The molecule has 0 aliphatic carbocycles. The van der Waals surface area contributed by atoms with Crippen molar-refractivity contribution in [3.63, 3.8) is 0 Å². The maximum absolute atomic E-state index is 5.12. The summed E-state index contributed by atoms with van der Waals surface area (Å²) in [5.74, 6) is 0. The second-order valence-electron chi connectivity index (χ2n) is 6.69. The van der Waals surface area contributed by atoms with E-state index in [-0.39, 0.29) is 0 Å². The van der Waals surface area contributed by atoms with Gasteiger partial charge in [-0.15, -0.1) is 0 Å². The van der Waals surface area contributed by atoms with E-state index in [0.717, 1.165) is 43.7 Å².